The first-order chi connectivity index (χ1) is 19.7. The van der Waals surface area contributed by atoms with Crippen molar-refractivity contribution in [2.24, 2.45) is 0 Å². The van der Waals surface area contributed by atoms with Gasteiger partial charge in [0.2, 0.25) is 15.9 Å². The van der Waals surface area contributed by atoms with Gasteiger partial charge in [0.25, 0.3) is 5.91 Å². The zero-order chi connectivity index (χ0) is 30.7. The molecule has 0 unspecified atom stereocenters. The molecular weight excluding hydrogens is 584 g/mol. The van der Waals surface area contributed by atoms with Gasteiger partial charge in [-0.15, -0.1) is 0 Å². The second-order valence-electron chi connectivity index (χ2n) is 11.9. The molecule has 1 amide bonds. The highest BCUT2D eigenvalue weighted by atomic mass is 32.2. The van der Waals surface area contributed by atoms with Gasteiger partial charge in [-0.1, -0.05) is 13.1 Å². The predicted molar refractivity (Wildman–Crippen MR) is 161 cm³/mol. The summed E-state index contributed by atoms with van der Waals surface area (Å²) in [6, 6.07) is 8.29. The van der Waals surface area contributed by atoms with E-state index in [0.717, 1.165) is 25.2 Å². The maximum atomic E-state index is 13.7. The van der Waals surface area contributed by atoms with E-state index in [1.165, 1.54) is 6.07 Å². The lowest BCUT2D eigenvalue weighted by molar-refractivity contribution is -0.139. The van der Waals surface area contributed by atoms with E-state index in [1.54, 1.807) is 32.0 Å². The number of aromatic nitrogens is 2. The molecule has 2 aromatic rings. The van der Waals surface area contributed by atoms with Gasteiger partial charge in [0, 0.05) is 43.6 Å². The number of sulfonamides is 1. The van der Waals surface area contributed by atoms with E-state index in [0.29, 0.717) is 22.8 Å². The van der Waals surface area contributed by atoms with Gasteiger partial charge in [0.1, 0.15) is 11.6 Å². The fourth-order valence-corrected chi connectivity index (χ4v) is 8.25. The van der Waals surface area contributed by atoms with Crippen LogP contribution < -0.4 is 14.9 Å². The summed E-state index contributed by atoms with van der Waals surface area (Å²) in [7, 11) is -5.39. The van der Waals surface area contributed by atoms with E-state index in [2.05, 4.69) is 38.0 Å². The fraction of sp³-hybridized carbons (Fsp3) is 0.571. The average Bonchev–Trinajstić information content (AvgIpc) is 2.87. The molecule has 1 aromatic heterocycles. The van der Waals surface area contributed by atoms with Gasteiger partial charge in [-0.2, -0.15) is 0 Å². The van der Waals surface area contributed by atoms with Crippen LogP contribution in [0.3, 0.4) is 0 Å². The maximum Gasteiger partial charge on any atom is 0.323 e. The summed E-state index contributed by atoms with van der Waals surface area (Å²) in [6.45, 7) is 9.52. The number of rotatable bonds is 9. The third kappa shape index (κ3) is 8.46. The lowest BCUT2D eigenvalue weighted by atomic mass is 9.86. The number of amides is 1. The van der Waals surface area contributed by atoms with Crippen molar-refractivity contribution >= 4 is 47.2 Å². The van der Waals surface area contributed by atoms with E-state index in [9.17, 15) is 26.8 Å². The molecule has 1 saturated carbocycles. The first-order valence-corrected chi connectivity index (χ1v) is 19.3. The van der Waals surface area contributed by atoms with E-state index < -0.39 is 41.6 Å². The molecule has 1 aliphatic heterocycles. The summed E-state index contributed by atoms with van der Waals surface area (Å²) in [5, 5.41) is 2.84. The van der Waals surface area contributed by atoms with Crippen LogP contribution in [0.5, 0.6) is 0 Å². The van der Waals surface area contributed by atoms with Crippen molar-refractivity contribution in [3.05, 3.63) is 41.3 Å². The topological polar surface area (TPSA) is 131 Å². The summed E-state index contributed by atoms with van der Waals surface area (Å²) in [6.07, 6.45) is 0.114. The van der Waals surface area contributed by atoms with E-state index in [4.69, 9.17) is 4.74 Å². The van der Waals surface area contributed by atoms with Crippen molar-refractivity contribution in [3.8, 4) is 0 Å². The molecule has 2 heterocycles. The molecule has 2 aliphatic rings. The van der Waals surface area contributed by atoms with Gasteiger partial charge in [-0.3, -0.25) is 14.3 Å². The summed E-state index contributed by atoms with van der Waals surface area (Å²) in [5.41, 5.74) is 1.73. The zero-order valence-corrected chi connectivity index (χ0v) is 26.3. The molecule has 0 radical (unpaired) electrons. The summed E-state index contributed by atoms with van der Waals surface area (Å²) in [4.78, 5) is 36.4. The number of halogens is 2. The number of nitrogens with one attached hydrogen (secondary N) is 2. The van der Waals surface area contributed by atoms with Crippen LogP contribution in [0.1, 0.15) is 60.4 Å². The van der Waals surface area contributed by atoms with Gasteiger partial charge in [-0.25, -0.2) is 27.2 Å². The monoisotopic (exact) mass is 623 g/mol. The fourth-order valence-electron chi connectivity index (χ4n) is 5.30. The first kappa shape index (κ1) is 31.8. The molecule has 0 atom stereocenters. The molecule has 10 nitrogen and oxygen atoms in total. The number of esters is 1. The number of carbonyl (C=O) groups is 2. The largest absolute Gasteiger partial charge is 0.465 e. The highest BCUT2D eigenvalue weighted by molar-refractivity contribution is 7.93. The van der Waals surface area contributed by atoms with Crippen molar-refractivity contribution in [1.29, 1.82) is 0 Å². The van der Waals surface area contributed by atoms with Gasteiger partial charge >= 0.3 is 5.97 Å². The number of aryl methyl sites for hydroxylation is 1. The van der Waals surface area contributed by atoms with Gasteiger partial charge in [0.15, 0.2) is 5.75 Å². The highest BCUT2D eigenvalue weighted by Gasteiger charge is 2.36. The molecule has 2 N–H and O–H groups in total. The zero-order valence-electron chi connectivity index (χ0n) is 24.5. The molecule has 1 aliphatic carbocycles. The Morgan fingerprint density at radius 2 is 1.79 bits per heavy atom. The van der Waals surface area contributed by atoms with E-state index in [1.807, 2.05) is 0 Å². The number of anilines is 3. The van der Waals surface area contributed by atoms with E-state index in [-0.39, 0.29) is 49.7 Å². The smallest absolute Gasteiger partial charge is 0.323 e. The number of ether oxygens (including phenoxy) is 1. The van der Waals surface area contributed by atoms with Crippen LogP contribution >= 0.6 is 0 Å². The SMILES string of the molecule is CCOC(=O)CS(=O)(=O)Nc1ccc(C(=O)Nc2cc(C)nc(C3CCC(F)(F)CC3)n2)c(N2CC[Si](C)(C)CC2)c1. The first-order valence-electron chi connectivity index (χ1n) is 14.3. The van der Waals surface area contributed by atoms with Crippen molar-refractivity contribution in [2.75, 3.05) is 40.4 Å². The minimum atomic E-state index is -4.03. The molecular formula is C28H39F2N5O5SSi. The van der Waals surface area contributed by atoms with Gasteiger partial charge < -0.3 is 15.0 Å². The maximum absolute atomic E-state index is 13.7. The van der Waals surface area contributed by atoms with Crippen LogP contribution in [0.4, 0.5) is 26.0 Å². The molecule has 0 bridgehead atoms. The van der Waals surface area contributed by atoms with Crippen molar-refractivity contribution in [2.45, 2.75) is 76.6 Å². The number of hydrogen-bond acceptors (Lipinski definition) is 8. The molecule has 2 fully saturated rings. The van der Waals surface area contributed by atoms with Crippen LogP contribution in [-0.2, 0) is 19.6 Å². The lowest BCUT2D eigenvalue weighted by Crippen LogP contribution is -2.43. The summed E-state index contributed by atoms with van der Waals surface area (Å²) >= 11 is 0. The number of hydrogen-bond donors (Lipinski definition) is 2. The minimum absolute atomic E-state index is 0.0703. The van der Waals surface area contributed by atoms with Crippen molar-refractivity contribution in [1.82, 2.24) is 9.97 Å². The molecule has 4 rings (SSSR count). The van der Waals surface area contributed by atoms with Crippen molar-refractivity contribution in [3.63, 3.8) is 0 Å². The Morgan fingerprint density at radius 1 is 1.12 bits per heavy atom. The Balaban J connectivity index is 1.59. The molecule has 230 valence electrons. The Morgan fingerprint density at radius 3 is 2.43 bits per heavy atom. The van der Waals surface area contributed by atoms with Crippen LogP contribution in [0.2, 0.25) is 25.2 Å². The number of benzene rings is 1. The standard InChI is InChI=1S/C28H39F2N5O5SSi/c1-5-40-25(36)18-41(38,39)34-21-6-7-22(23(17-21)35-12-14-42(3,4)15-13-35)27(37)33-24-16-19(2)31-26(32-24)20-8-10-28(29,30)11-9-20/h6-7,16-17,20,34H,5,8-15,18H2,1-4H3,(H,31,32,33,37). The third-order valence-corrected chi connectivity index (χ3v) is 12.1. The number of carbonyl (C=O) groups excluding carboxylic acids is 2. The Kier molecular flexibility index (Phi) is 9.55. The van der Waals surface area contributed by atoms with Gasteiger partial charge in [0.05, 0.1) is 31.6 Å². The highest BCUT2D eigenvalue weighted by Crippen LogP contribution is 2.40. The summed E-state index contributed by atoms with van der Waals surface area (Å²) in [5.74, 6) is -4.28. The lowest BCUT2D eigenvalue weighted by Gasteiger charge is -2.38. The second-order valence-corrected chi connectivity index (χ2v) is 18.9. The Hall–Kier alpha value is -3.13. The Bertz CT molecular complexity index is 1420. The molecule has 0 spiro atoms. The quantitative estimate of drug-likeness (QED) is 0.289. The second kappa shape index (κ2) is 12.6. The Labute approximate surface area is 246 Å². The van der Waals surface area contributed by atoms with Crippen LogP contribution in [0, 0.1) is 6.92 Å². The normalized spacial score (nSPS) is 18.8. The summed E-state index contributed by atoms with van der Waals surface area (Å²) < 4.78 is 59.8. The number of alkyl halides is 2. The predicted octanol–water partition coefficient (Wildman–Crippen LogP) is 5.16. The molecule has 1 aromatic carbocycles. The van der Waals surface area contributed by atoms with Crippen LogP contribution in [0.25, 0.3) is 0 Å². The van der Waals surface area contributed by atoms with Crippen molar-refractivity contribution < 1.29 is 31.5 Å². The van der Waals surface area contributed by atoms with E-state index >= 15 is 0 Å². The van der Waals surface area contributed by atoms with Crippen LogP contribution in [-0.4, -0.2) is 69.7 Å². The van der Waals surface area contributed by atoms with Crippen LogP contribution in [0.15, 0.2) is 24.3 Å². The molecule has 42 heavy (non-hydrogen) atoms. The molecule has 1 saturated heterocycles. The third-order valence-electron chi connectivity index (χ3n) is 7.78. The molecule has 14 heteroatoms. The number of nitrogens with zero attached hydrogens (tertiary/aromatic N) is 3. The van der Waals surface area contributed by atoms with Gasteiger partial charge in [-0.05, 0) is 57.0 Å². The average molecular weight is 624 g/mol. The minimum Gasteiger partial charge on any atom is -0.465 e.